The van der Waals surface area contributed by atoms with Crippen molar-refractivity contribution in [1.29, 1.82) is 0 Å². The molecule has 0 bridgehead atoms. The highest BCUT2D eigenvalue weighted by molar-refractivity contribution is 5.98. The van der Waals surface area contributed by atoms with Crippen molar-refractivity contribution in [3.8, 4) is 0 Å². The van der Waals surface area contributed by atoms with Crippen LogP contribution in [0.2, 0.25) is 0 Å². The predicted octanol–water partition coefficient (Wildman–Crippen LogP) is 2.88. The van der Waals surface area contributed by atoms with Gasteiger partial charge in [-0.2, -0.15) is 0 Å². The molecule has 1 aromatic carbocycles. The van der Waals surface area contributed by atoms with Crippen molar-refractivity contribution in [3.63, 3.8) is 0 Å². The number of hydrogen-bond donors (Lipinski definition) is 1. The van der Waals surface area contributed by atoms with E-state index < -0.39 is 0 Å². The number of methoxy groups -OCH3 is 1. The SMILES string of the molecule is COC1CCN(C2CCN(C(=O)c3ccc4[nH]ccc4c3)CC2)CC1. The Labute approximate surface area is 148 Å². The summed E-state index contributed by atoms with van der Waals surface area (Å²) in [6.45, 7) is 3.97. The molecule has 1 N–H and O–H groups in total. The van der Waals surface area contributed by atoms with Crippen LogP contribution in [0.5, 0.6) is 0 Å². The van der Waals surface area contributed by atoms with Crippen LogP contribution in [0, 0.1) is 0 Å². The summed E-state index contributed by atoms with van der Waals surface area (Å²) < 4.78 is 5.47. The number of nitrogens with zero attached hydrogens (tertiary/aromatic N) is 2. The zero-order valence-electron chi connectivity index (χ0n) is 14.9. The van der Waals surface area contributed by atoms with E-state index in [-0.39, 0.29) is 5.91 Å². The minimum Gasteiger partial charge on any atom is -0.381 e. The second kappa shape index (κ2) is 7.18. The lowest BCUT2D eigenvalue weighted by Crippen LogP contribution is -2.49. The third-order valence-electron chi connectivity index (χ3n) is 5.88. The Balaban J connectivity index is 1.34. The van der Waals surface area contributed by atoms with E-state index >= 15 is 0 Å². The Bertz CT molecular complexity index is 725. The average molecular weight is 341 g/mol. The number of fused-ring (bicyclic) bond motifs is 1. The molecule has 0 unspecified atom stereocenters. The molecular formula is C20H27N3O2. The molecule has 3 heterocycles. The number of carbonyl (C=O) groups excluding carboxylic acids is 1. The number of benzene rings is 1. The van der Waals surface area contributed by atoms with Gasteiger partial charge in [0.1, 0.15) is 0 Å². The first-order valence-electron chi connectivity index (χ1n) is 9.38. The lowest BCUT2D eigenvalue weighted by Gasteiger charge is -2.41. The summed E-state index contributed by atoms with van der Waals surface area (Å²) in [7, 11) is 1.81. The monoisotopic (exact) mass is 341 g/mol. The number of aromatic amines is 1. The van der Waals surface area contributed by atoms with Crippen LogP contribution in [0.1, 0.15) is 36.0 Å². The lowest BCUT2D eigenvalue weighted by atomic mass is 9.98. The van der Waals surface area contributed by atoms with Gasteiger partial charge in [-0.25, -0.2) is 0 Å². The largest absolute Gasteiger partial charge is 0.381 e. The summed E-state index contributed by atoms with van der Waals surface area (Å²) in [5.41, 5.74) is 1.88. The Morgan fingerprint density at radius 2 is 1.84 bits per heavy atom. The van der Waals surface area contributed by atoms with E-state index in [4.69, 9.17) is 4.74 Å². The summed E-state index contributed by atoms with van der Waals surface area (Å²) >= 11 is 0. The average Bonchev–Trinajstić information content (AvgIpc) is 3.15. The fourth-order valence-electron chi connectivity index (χ4n) is 4.28. The predicted molar refractivity (Wildman–Crippen MR) is 98.8 cm³/mol. The van der Waals surface area contributed by atoms with Gasteiger partial charge in [-0.3, -0.25) is 4.79 Å². The molecule has 5 nitrogen and oxygen atoms in total. The molecule has 0 atom stereocenters. The number of nitrogens with one attached hydrogen (secondary N) is 1. The summed E-state index contributed by atoms with van der Waals surface area (Å²) in [5, 5.41) is 1.10. The second-order valence-corrected chi connectivity index (χ2v) is 7.27. The number of aromatic nitrogens is 1. The lowest BCUT2D eigenvalue weighted by molar-refractivity contribution is 0.0145. The molecule has 5 heteroatoms. The topological polar surface area (TPSA) is 48.6 Å². The van der Waals surface area contributed by atoms with Crippen molar-refractivity contribution in [3.05, 3.63) is 36.0 Å². The minimum absolute atomic E-state index is 0.166. The second-order valence-electron chi connectivity index (χ2n) is 7.27. The molecule has 2 aliphatic rings. The van der Waals surface area contributed by atoms with Crippen molar-refractivity contribution < 1.29 is 9.53 Å². The van der Waals surface area contributed by atoms with Crippen LogP contribution in [0.3, 0.4) is 0 Å². The van der Waals surface area contributed by atoms with Gasteiger partial charge in [-0.15, -0.1) is 0 Å². The van der Waals surface area contributed by atoms with Crippen LogP contribution in [0.4, 0.5) is 0 Å². The van der Waals surface area contributed by atoms with E-state index in [1.54, 1.807) is 0 Å². The van der Waals surface area contributed by atoms with Gasteiger partial charge >= 0.3 is 0 Å². The van der Waals surface area contributed by atoms with E-state index in [0.717, 1.165) is 68.3 Å². The highest BCUT2D eigenvalue weighted by Gasteiger charge is 2.29. The van der Waals surface area contributed by atoms with Gasteiger partial charge in [0.05, 0.1) is 6.10 Å². The van der Waals surface area contributed by atoms with Crippen LogP contribution in [0.25, 0.3) is 10.9 Å². The van der Waals surface area contributed by atoms with E-state index in [9.17, 15) is 4.79 Å². The smallest absolute Gasteiger partial charge is 0.253 e. The molecule has 0 saturated carbocycles. The number of likely N-dealkylation sites (tertiary alicyclic amines) is 2. The molecule has 134 valence electrons. The summed E-state index contributed by atoms with van der Waals surface area (Å²) in [4.78, 5) is 20.6. The molecule has 2 aliphatic heterocycles. The molecule has 2 saturated heterocycles. The van der Waals surface area contributed by atoms with Crippen LogP contribution in [0.15, 0.2) is 30.5 Å². The number of amides is 1. The fraction of sp³-hybridized carbons (Fsp3) is 0.550. The maximum absolute atomic E-state index is 12.8. The van der Waals surface area contributed by atoms with Gasteiger partial charge in [0.15, 0.2) is 0 Å². The third-order valence-corrected chi connectivity index (χ3v) is 5.88. The molecule has 0 aliphatic carbocycles. The summed E-state index contributed by atoms with van der Waals surface area (Å²) in [5.74, 6) is 0.166. The van der Waals surface area contributed by atoms with Crippen molar-refractivity contribution in [1.82, 2.24) is 14.8 Å². The third kappa shape index (κ3) is 3.44. The quantitative estimate of drug-likeness (QED) is 0.934. The van der Waals surface area contributed by atoms with Gasteiger partial charge < -0.3 is 19.5 Å². The number of hydrogen-bond acceptors (Lipinski definition) is 3. The van der Waals surface area contributed by atoms with E-state index in [0.29, 0.717) is 12.1 Å². The van der Waals surface area contributed by atoms with Gasteiger partial charge in [0.25, 0.3) is 5.91 Å². The highest BCUT2D eigenvalue weighted by Crippen LogP contribution is 2.23. The molecule has 4 rings (SSSR count). The molecule has 1 aromatic heterocycles. The first-order chi connectivity index (χ1) is 12.2. The van der Waals surface area contributed by atoms with Crippen LogP contribution < -0.4 is 0 Å². The zero-order chi connectivity index (χ0) is 17.2. The number of carbonyl (C=O) groups is 1. The molecule has 0 spiro atoms. The Morgan fingerprint density at radius 3 is 2.56 bits per heavy atom. The molecular weight excluding hydrogens is 314 g/mol. The maximum Gasteiger partial charge on any atom is 0.253 e. The van der Waals surface area contributed by atoms with E-state index in [2.05, 4.69) is 9.88 Å². The number of ether oxygens (including phenoxy) is 1. The Kier molecular flexibility index (Phi) is 4.77. The van der Waals surface area contributed by atoms with Gasteiger partial charge in [0.2, 0.25) is 0 Å². The van der Waals surface area contributed by atoms with Crippen molar-refractivity contribution in [2.45, 2.75) is 37.8 Å². The van der Waals surface area contributed by atoms with Crippen molar-refractivity contribution in [2.75, 3.05) is 33.3 Å². The van der Waals surface area contributed by atoms with Crippen molar-refractivity contribution in [2.24, 2.45) is 0 Å². The minimum atomic E-state index is 0.166. The first kappa shape index (κ1) is 16.6. The first-order valence-corrected chi connectivity index (χ1v) is 9.38. The fourth-order valence-corrected chi connectivity index (χ4v) is 4.28. The number of H-pyrrole nitrogens is 1. The molecule has 1 amide bonds. The number of rotatable bonds is 3. The van der Waals surface area contributed by atoms with E-state index in [1.807, 2.05) is 42.5 Å². The Morgan fingerprint density at radius 1 is 1.08 bits per heavy atom. The maximum atomic E-state index is 12.8. The standard InChI is InChI=1S/C20H27N3O2/c1-25-18-7-12-22(13-8-18)17-5-10-23(11-6-17)20(24)16-2-3-19-15(14-16)4-9-21-19/h2-4,9,14,17-18,21H,5-8,10-13H2,1H3. The molecule has 25 heavy (non-hydrogen) atoms. The summed E-state index contributed by atoms with van der Waals surface area (Å²) in [6, 6.07) is 8.56. The zero-order valence-corrected chi connectivity index (χ0v) is 14.9. The number of piperidine rings is 2. The van der Waals surface area contributed by atoms with Gasteiger partial charge in [-0.05, 0) is 49.9 Å². The highest BCUT2D eigenvalue weighted by atomic mass is 16.5. The van der Waals surface area contributed by atoms with Crippen molar-refractivity contribution >= 4 is 16.8 Å². The van der Waals surface area contributed by atoms with Crippen LogP contribution in [-0.2, 0) is 4.74 Å². The van der Waals surface area contributed by atoms with E-state index in [1.165, 1.54) is 0 Å². The summed E-state index contributed by atoms with van der Waals surface area (Å²) in [6.07, 6.45) is 6.77. The molecule has 2 fully saturated rings. The normalized spacial score (nSPS) is 21.1. The molecule has 2 aromatic rings. The van der Waals surface area contributed by atoms with Crippen LogP contribution in [-0.4, -0.2) is 66.1 Å². The van der Waals surface area contributed by atoms with Gasteiger partial charge in [-0.1, -0.05) is 0 Å². The molecule has 0 radical (unpaired) electrons. The Hall–Kier alpha value is -1.85. The van der Waals surface area contributed by atoms with Gasteiger partial charge in [0, 0.05) is 62.0 Å². The van der Waals surface area contributed by atoms with Crippen LogP contribution >= 0.6 is 0 Å².